The lowest BCUT2D eigenvalue weighted by atomic mass is 10.0. The van der Waals surface area contributed by atoms with Crippen molar-refractivity contribution in [2.45, 2.75) is 38.5 Å². The standard InChI is InChI=1S/C21H23N3O4S/c1-26-13-9-10-17(27-2)14(11-13)18-12-16(24-28-18)20(25)23-21-22-15-7-5-3-4-6-8-19(15)29-21/h9-12H,3-8H2,1-2H3,(H,22,23,25). The molecule has 29 heavy (non-hydrogen) atoms. The van der Waals surface area contributed by atoms with Crippen molar-refractivity contribution < 1.29 is 18.8 Å². The number of benzene rings is 1. The maximum absolute atomic E-state index is 12.7. The molecule has 0 spiro atoms. The Balaban J connectivity index is 1.53. The second-order valence-corrected chi connectivity index (χ2v) is 7.98. The fourth-order valence-corrected chi connectivity index (χ4v) is 4.48. The van der Waals surface area contributed by atoms with Crippen LogP contribution in [0.3, 0.4) is 0 Å². The summed E-state index contributed by atoms with van der Waals surface area (Å²) in [5.41, 5.74) is 1.97. The third-order valence-electron chi connectivity index (χ3n) is 4.98. The van der Waals surface area contributed by atoms with Gasteiger partial charge in [0.2, 0.25) is 0 Å². The van der Waals surface area contributed by atoms with Crippen LogP contribution in [-0.2, 0) is 12.8 Å². The quantitative estimate of drug-likeness (QED) is 0.651. The molecule has 0 unspecified atom stereocenters. The topological polar surface area (TPSA) is 86.5 Å². The summed E-state index contributed by atoms with van der Waals surface area (Å²) in [6, 6.07) is 6.95. The molecule has 0 fully saturated rings. The van der Waals surface area contributed by atoms with Crippen LogP contribution < -0.4 is 14.8 Å². The van der Waals surface area contributed by atoms with E-state index in [4.69, 9.17) is 14.0 Å². The number of nitrogens with zero attached hydrogens (tertiary/aromatic N) is 2. The zero-order chi connectivity index (χ0) is 20.2. The molecule has 1 aliphatic rings. The third kappa shape index (κ3) is 4.27. The van der Waals surface area contributed by atoms with Crippen molar-refractivity contribution in [1.82, 2.24) is 10.1 Å². The number of carbonyl (C=O) groups excluding carboxylic acids is 1. The summed E-state index contributed by atoms with van der Waals surface area (Å²) in [6.07, 6.45) is 6.84. The first-order valence-electron chi connectivity index (χ1n) is 9.67. The average Bonchev–Trinajstić information content (AvgIpc) is 3.35. The zero-order valence-corrected chi connectivity index (χ0v) is 17.3. The normalized spacial score (nSPS) is 13.9. The van der Waals surface area contributed by atoms with Gasteiger partial charge in [0.15, 0.2) is 16.6 Å². The molecule has 0 saturated carbocycles. The fraction of sp³-hybridized carbons (Fsp3) is 0.381. The van der Waals surface area contributed by atoms with Crippen molar-refractivity contribution in [3.05, 3.63) is 40.5 Å². The minimum atomic E-state index is -0.344. The number of thiazole rings is 1. The van der Waals surface area contributed by atoms with E-state index in [1.807, 2.05) is 0 Å². The molecule has 1 amide bonds. The minimum absolute atomic E-state index is 0.187. The number of ether oxygens (including phenoxy) is 2. The molecule has 4 rings (SSSR count). The van der Waals surface area contributed by atoms with Crippen LogP contribution in [0.25, 0.3) is 11.3 Å². The van der Waals surface area contributed by atoms with E-state index in [1.54, 1.807) is 49.8 Å². The summed E-state index contributed by atoms with van der Waals surface area (Å²) in [4.78, 5) is 18.6. The predicted molar refractivity (Wildman–Crippen MR) is 111 cm³/mol. The monoisotopic (exact) mass is 413 g/mol. The summed E-state index contributed by atoms with van der Waals surface area (Å²) in [6.45, 7) is 0. The van der Waals surface area contributed by atoms with Crippen molar-refractivity contribution in [2.24, 2.45) is 0 Å². The molecular weight excluding hydrogens is 390 g/mol. The Morgan fingerprint density at radius 1 is 1.10 bits per heavy atom. The zero-order valence-electron chi connectivity index (χ0n) is 16.5. The summed E-state index contributed by atoms with van der Waals surface area (Å²) in [7, 11) is 3.16. The molecule has 3 aromatic rings. The first-order chi connectivity index (χ1) is 14.2. The van der Waals surface area contributed by atoms with Gasteiger partial charge < -0.3 is 14.0 Å². The first-order valence-corrected chi connectivity index (χ1v) is 10.5. The van der Waals surface area contributed by atoms with E-state index in [9.17, 15) is 4.79 Å². The molecule has 0 aliphatic heterocycles. The fourth-order valence-electron chi connectivity index (χ4n) is 3.44. The van der Waals surface area contributed by atoms with E-state index < -0.39 is 0 Å². The maximum atomic E-state index is 12.7. The number of hydrogen-bond donors (Lipinski definition) is 1. The molecule has 1 aromatic carbocycles. The Morgan fingerprint density at radius 2 is 1.93 bits per heavy atom. The van der Waals surface area contributed by atoms with E-state index >= 15 is 0 Å². The molecule has 0 saturated heterocycles. The van der Waals surface area contributed by atoms with Crippen LogP contribution in [0, 0.1) is 0 Å². The molecule has 1 N–H and O–H groups in total. The Labute approximate surface area is 173 Å². The molecule has 2 aromatic heterocycles. The van der Waals surface area contributed by atoms with Crippen LogP contribution in [0.4, 0.5) is 5.13 Å². The largest absolute Gasteiger partial charge is 0.497 e. The molecule has 0 radical (unpaired) electrons. The number of aryl methyl sites for hydroxylation is 2. The van der Waals surface area contributed by atoms with Crippen LogP contribution >= 0.6 is 11.3 Å². The number of carbonyl (C=O) groups is 1. The van der Waals surface area contributed by atoms with Gasteiger partial charge in [-0.2, -0.15) is 0 Å². The van der Waals surface area contributed by atoms with Gasteiger partial charge in [-0.15, -0.1) is 11.3 Å². The van der Waals surface area contributed by atoms with E-state index in [0.717, 1.165) is 25.0 Å². The highest BCUT2D eigenvalue weighted by atomic mass is 32.1. The van der Waals surface area contributed by atoms with Crippen LogP contribution in [0.15, 0.2) is 28.8 Å². The second kappa shape index (κ2) is 8.65. The number of rotatable bonds is 5. The van der Waals surface area contributed by atoms with Gasteiger partial charge in [-0.1, -0.05) is 18.0 Å². The number of aromatic nitrogens is 2. The van der Waals surface area contributed by atoms with Gasteiger partial charge in [-0.3, -0.25) is 10.1 Å². The summed E-state index contributed by atoms with van der Waals surface area (Å²) in [5, 5.41) is 7.40. The molecular formula is C21H23N3O4S. The van der Waals surface area contributed by atoms with Crippen molar-refractivity contribution in [3.8, 4) is 22.8 Å². The van der Waals surface area contributed by atoms with Gasteiger partial charge in [-0.05, 0) is 43.9 Å². The molecule has 152 valence electrons. The predicted octanol–water partition coefficient (Wildman–Crippen LogP) is 4.73. The maximum Gasteiger partial charge on any atom is 0.279 e. The number of methoxy groups -OCH3 is 2. The van der Waals surface area contributed by atoms with Crippen molar-refractivity contribution in [1.29, 1.82) is 0 Å². The Kier molecular flexibility index (Phi) is 5.80. The Hall–Kier alpha value is -2.87. The van der Waals surface area contributed by atoms with E-state index in [0.29, 0.717) is 28.0 Å². The van der Waals surface area contributed by atoms with Gasteiger partial charge >= 0.3 is 0 Å². The van der Waals surface area contributed by atoms with E-state index in [-0.39, 0.29) is 11.6 Å². The molecule has 0 atom stereocenters. The highest BCUT2D eigenvalue weighted by Gasteiger charge is 2.20. The van der Waals surface area contributed by atoms with Gasteiger partial charge in [0.1, 0.15) is 11.5 Å². The summed E-state index contributed by atoms with van der Waals surface area (Å²) < 4.78 is 16.0. The second-order valence-electron chi connectivity index (χ2n) is 6.90. The average molecular weight is 413 g/mol. The molecule has 1 aliphatic carbocycles. The Bertz CT molecular complexity index is 986. The van der Waals surface area contributed by atoms with Crippen molar-refractivity contribution in [2.75, 3.05) is 19.5 Å². The Morgan fingerprint density at radius 3 is 2.72 bits per heavy atom. The van der Waals surface area contributed by atoms with Crippen molar-refractivity contribution >= 4 is 22.4 Å². The lowest BCUT2D eigenvalue weighted by Gasteiger charge is -2.07. The molecule has 8 heteroatoms. The molecule has 7 nitrogen and oxygen atoms in total. The van der Waals surface area contributed by atoms with Gasteiger partial charge in [0, 0.05) is 10.9 Å². The number of fused-ring (bicyclic) bond motifs is 1. The van der Waals surface area contributed by atoms with Gasteiger partial charge in [0.05, 0.1) is 25.5 Å². The lowest BCUT2D eigenvalue weighted by molar-refractivity contribution is 0.101. The number of anilines is 1. The van der Waals surface area contributed by atoms with Crippen LogP contribution in [0.1, 0.15) is 46.7 Å². The van der Waals surface area contributed by atoms with Crippen LogP contribution in [-0.4, -0.2) is 30.3 Å². The lowest BCUT2D eigenvalue weighted by Crippen LogP contribution is -2.12. The molecule has 0 bridgehead atoms. The minimum Gasteiger partial charge on any atom is -0.497 e. The first kappa shape index (κ1) is 19.4. The SMILES string of the molecule is COc1ccc(OC)c(-c2cc(C(=O)Nc3nc4c(s3)CCCCCC4)no2)c1. The van der Waals surface area contributed by atoms with Crippen LogP contribution in [0.2, 0.25) is 0 Å². The molecule has 2 heterocycles. The van der Waals surface area contributed by atoms with Crippen molar-refractivity contribution in [3.63, 3.8) is 0 Å². The number of amides is 1. The van der Waals surface area contributed by atoms with Crippen LogP contribution in [0.5, 0.6) is 11.5 Å². The van der Waals surface area contributed by atoms with E-state index in [2.05, 4.69) is 15.5 Å². The van der Waals surface area contributed by atoms with Gasteiger partial charge in [0.25, 0.3) is 5.91 Å². The number of hydrogen-bond acceptors (Lipinski definition) is 7. The highest BCUT2D eigenvalue weighted by Crippen LogP contribution is 2.34. The third-order valence-corrected chi connectivity index (χ3v) is 6.05. The van der Waals surface area contributed by atoms with Gasteiger partial charge in [-0.25, -0.2) is 4.98 Å². The smallest absolute Gasteiger partial charge is 0.279 e. The number of nitrogens with one attached hydrogen (secondary N) is 1. The summed E-state index contributed by atoms with van der Waals surface area (Å²) in [5.74, 6) is 1.35. The highest BCUT2D eigenvalue weighted by molar-refractivity contribution is 7.15. The summed E-state index contributed by atoms with van der Waals surface area (Å²) >= 11 is 1.56. The van der Waals surface area contributed by atoms with E-state index in [1.165, 1.54) is 24.1 Å².